The topological polar surface area (TPSA) is 74.7 Å². The summed E-state index contributed by atoms with van der Waals surface area (Å²) in [5.74, 6) is 0.618. The van der Waals surface area contributed by atoms with Crippen LogP contribution in [0.1, 0.15) is 23.2 Å². The van der Waals surface area contributed by atoms with Crippen LogP contribution in [-0.2, 0) is 12.8 Å². The predicted octanol–water partition coefficient (Wildman–Crippen LogP) is 3.36. The fourth-order valence-corrected chi connectivity index (χ4v) is 3.15. The molecule has 0 amide bonds. The maximum Gasteiger partial charge on any atom is 0.216 e. The monoisotopic (exact) mass is 344 g/mol. The summed E-state index contributed by atoms with van der Waals surface area (Å²) in [6, 6.07) is 7.45. The van der Waals surface area contributed by atoms with Gasteiger partial charge in [0.05, 0.1) is 6.21 Å². The van der Waals surface area contributed by atoms with Gasteiger partial charge in [-0.05, 0) is 49.2 Å². The molecule has 8 heteroatoms. The molecule has 0 bridgehead atoms. The van der Waals surface area contributed by atoms with Gasteiger partial charge in [0.1, 0.15) is 5.69 Å². The molecule has 3 aromatic rings. The SMILES string of the molecule is S=c1[nH]nc(-c2n[nH]c3c2CCC3)n1N=Cc1cccc(Cl)c1. The highest BCUT2D eigenvalue weighted by atomic mass is 35.5. The highest BCUT2D eigenvalue weighted by Gasteiger charge is 2.23. The van der Waals surface area contributed by atoms with Crippen LogP contribution in [0.3, 0.4) is 0 Å². The van der Waals surface area contributed by atoms with Gasteiger partial charge in [-0.3, -0.25) is 5.10 Å². The van der Waals surface area contributed by atoms with Crippen LogP contribution in [0, 0.1) is 4.77 Å². The standard InChI is InChI=1S/C15H13ClN6S/c16-10-4-1-3-9(7-10)8-17-22-14(20-21-15(22)23)13-11-5-2-6-12(11)18-19-13/h1,3-4,7-8H,2,5-6H2,(H,18,19)(H,21,23). The van der Waals surface area contributed by atoms with Crippen LogP contribution >= 0.6 is 23.8 Å². The second-order valence-corrected chi connectivity index (χ2v) is 6.17. The lowest BCUT2D eigenvalue weighted by atomic mass is 10.2. The third kappa shape index (κ3) is 2.62. The molecule has 4 rings (SSSR count). The molecule has 2 aromatic heterocycles. The molecule has 0 radical (unpaired) electrons. The first-order chi connectivity index (χ1) is 11.2. The number of benzene rings is 1. The summed E-state index contributed by atoms with van der Waals surface area (Å²) in [7, 11) is 0. The molecule has 2 heterocycles. The first kappa shape index (κ1) is 14.3. The van der Waals surface area contributed by atoms with Gasteiger partial charge in [-0.2, -0.15) is 20.0 Å². The number of hydrogen-bond acceptors (Lipinski definition) is 4. The highest BCUT2D eigenvalue weighted by molar-refractivity contribution is 7.71. The van der Waals surface area contributed by atoms with E-state index in [1.165, 1.54) is 11.3 Å². The molecule has 0 atom stereocenters. The van der Waals surface area contributed by atoms with Crippen LogP contribution in [0.4, 0.5) is 0 Å². The van der Waals surface area contributed by atoms with Crippen molar-refractivity contribution in [3.8, 4) is 11.5 Å². The minimum atomic E-state index is 0.424. The average molecular weight is 345 g/mol. The normalized spacial score (nSPS) is 13.8. The molecular weight excluding hydrogens is 332 g/mol. The maximum absolute atomic E-state index is 5.99. The molecule has 2 N–H and O–H groups in total. The number of hydrogen-bond donors (Lipinski definition) is 2. The van der Waals surface area contributed by atoms with Gasteiger partial charge in [-0.1, -0.05) is 23.7 Å². The second kappa shape index (κ2) is 5.75. The minimum Gasteiger partial charge on any atom is -0.282 e. The number of aromatic amines is 2. The summed E-state index contributed by atoms with van der Waals surface area (Å²) in [6.45, 7) is 0. The van der Waals surface area contributed by atoms with Crippen LogP contribution in [0.25, 0.3) is 11.5 Å². The summed E-state index contributed by atoms with van der Waals surface area (Å²) in [6.07, 6.45) is 4.86. The lowest BCUT2D eigenvalue weighted by Crippen LogP contribution is -1.97. The van der Waals surface area contributed by atoms with Gasteiger partial charge in [-0.15, -0.1) is 0 Å². The smallest absolute Gasteiger partial charge is 0.216 e. The summed E-state index contributed by atoms with van der Waals surface area (Å²) in [5.41, 5.74) is 4.09. The summed E-state index contributed by atoms with van der Waals surface area (Å²) in [4.78, 5) is 0. The van der Waals surface area contributed by atoms with Crippen LogP contribution in [0.2, 0.25) is 5.02 Å². The van der Waals surface area contributed by atoms with Gasteiger partial charge >= 0.3 is 0 Å². The summed E-state index contributed by atoms with van der Waals surface area (Å²) >= 11 is 11.3. The summed E-state index contributed by atoms with van der Waals surface area (Å²) < 4.78 is 2.01. The number of fused-ring (bicyclic) bond motifs is 1. The zero-order valence-electron chi connectivity index (χ0n) is 12.1. The minimum absolute atomic E-state index is 0.424. The van der Waals surface area contributed by atoms with Crippen LogP contribution in [0.5, 0.6) is 0 Å². The molecule has 1 aromatic carbocycles. The van der Waals surface area contributed by atoms with Gasteiger partial charge in [0.2, 0.25) is 10.6 Å². The van der Waals surface area contributed by atoms with Gasteiger partial charge in [0.25, 0.3) is 0 Å². The van der Waals surface area contributed by atoms with Crippen molar-refractivity contribution in [2.75, 3.05) is 0 Å². The number of rotatable bonds is 3. The highest BCUT2D eigenvalue weighted by Crippen LogP contribution is 2.29. The van der Waals surface area contributed by atoms with Crippen molar-refractivity contribution in [3.05, 3.63) is 50.9 Å². The molecule has 0 spiro atoms. The van der Waals surface area contributed by atoms with Gasteiger partial charge in [-0.25, -0.2) is 5.10 Å². The zero-order chi connectivity index (χ0) is 15.8. The Bertz CT molecular complexity index is 951. The van der Waals surface area contributed by atoms with Crippen LogP contribution < -0.4 is 0 Å². The Morgan fingerprint density at radius 3 is 3.04 bits per heavy atom. The number of aromatic nitrogens is 5. The van der Waals surface area contributed by atoms with E-state index < -0.39 is 0 Å². The van der Waals surface area contributed by atoms with Crippen LogP contribution in [-0.4, -0.2) is 31.3 Å². The first-order valence-electron chi connectivity index (χ1n) is 7.26. The number of nitrogens with one attached hydrogen (secondary N) is 2. The van der Waals surface area contributed by atoms with Gasteiger partial charge < -0.3 is 0 Å². The Morgan fingerprint density at radius 2 is 2.17 bits per heavy atom. The van der Waals surface area contributed by atoms with E-state index >= 15 is 0 Å². The Balaban J connectivity index is 1.75. The van der Waals surface area contributed by atoms with Gasteiger partial charge in [0.15, 0.2) is 0 Å². The summed E-state index contributed by atoms with van der Waals surface area (Å²) in [5, 5.41) is 19.6. The molecule has 0 fully saturated rings. The maximum atomic E-state index is 5.99. The quantitative estimate of drug-likeness (QED) is 0.565. The van der Waals surface area contributed by atoms with E-state index in [9.17, 15) is 0 Å². The molecule has 0 saturated carbocycles. The van der Waals surface area contributed by atoms with Crippen molar-refractivity contribution < 1.29 is 0 Å². The molecule has 116 valence electrons. The first-order valence-corrected chi connectivity index (χ1v) is 8.05. The van der Waals surface area contributed by atoms with Crippen molar-refractivity contribution in [2.24, 2.45) is 5.10 Å². The largest absolute Gasteiger partial charge is 0.282 e. The number of aryl methyl sites for hydroxylation is 1. The third-order valence-corrected chi connectivity index (χ3v) is 4.34. The van der Waals surface area contributed by atoms with E-state index in [-0.39, 0.29) is 0 Å². The molecule has 1 aliphatic carbocycles. The predicted molar refractivity (Wildman–Crippen MR) is 91.5 cm³/mol. The van der Waals surface area contributed by atoms with Gasteiger partial charge in [0, 0.05) is 16.3 Å². The van der Waals surface area contributed by atoms with E-state index in [1.807, 2.05) is 24.3 Å². The average Bonchev–Trinajstić information content (AvgIpc) is 3.21. The molecule has 0 aliphatic heterocycles. The van der Waals surface area contributed by atoms with Crippen molar-refractivity contribution in [1.82, 2.24) is 25.1 Å². The molecule has 23 heavy (non-hydrogen) atoms. The Kier molecular flexibility index (Phi) is 3.59. The van der Waals surface area contributed by atoms with E-state index in [4.69, 9.17) is 23.8 Å². The molecular formula is C15H13ClN6S. The number of nitrogens with zero attached hydrogens (tertiary/aromatic N) is 4. The molecule has 0 saturated heterocycles. The van der Waals surface area contributed by atoms with E-state index in [0.29, 0.717) is 15.6 Å². The fraction of sp³-hybridized carbons (Fsp3) is 0.200. The van der Waals surface area contributed by atoms with Crippen LogP contribution in [0.15, 0.2) is 29.4 Å². The molecule has 0 unspecified atom stereocenters. The van der Waals surface area contributed by atoms with E-state index in [2.05, 4.69) is 25.5 Å². The number of halogens is 1. The zero-order valence-corrected chi connectivity index (χ0v) is 13.7. The number of H-pyrrole nitrogens is 2. The second-order valence-electron chi connectivity index (χ2n) is 5.35. The van der Waals surface area contributed by atoms with E-state index in [1.54, 1.807) is 10.9 Å². The molecule has 6 nitrogen and oxygen atoms in total. The van der Waals surface area contributed by atoms with Crippen molar-refractivity contribution in [3.63, 3.8) is 0 Å². The fourth-order valence-electron chi connectivity index (χ4n) is 2.77. The van der Waals surface area contributed by atoms with Crippen molar-refractivity contribution >= 4 is 30.0 Å². The van der Waals surface area contributed by atoms with Crippen molar-refractivity contribution in [1.29, 1.82) is 0 Å². The third-order valence-electron chi connectivity index (χ3n) is 3.84. The Hall–Kier alpha value is -2.25. The van der Waals surface area contributed by atoms with E-state index in [0.717, 1.165) is 30.5 Å². The lowest BCUT2D eigenvalue weighted by molar-refractivity contribution is 0.844. The molecule has 1 aliphatic rings. The Morgan fingerprint density at radius 1 is 1.26 bits per heavy atom. The van der Waals surface area contributed by atoms with Crippen molar-refractivity contribution in [2.45, 2.75) is 19.3 Å². The Labute approximate surface area is 142 Å². The lowest BCUT2D eigenvalue weighted by Gasteiger charge is -2.00.